The molecule has 122 valence electrons. The SMILES string of the molecule is O=C1N[C@@H]2[C@@H](C[C@@]34OCCCCN3C(=O)N[C@@H]24)n2c(Br)ccc21. The molecule has 1 saturated carbocycles. The highest BCUT2D eigenvalue weighted by molar-refractivity contribution is 9.10. The van der Waals surface area contributed by atoms with Gasteiger partial charge in [0.15, 0.2) is 5.72 Å². The van der Waals surface area contributed by atoms with Gasteiger partial charge in [0.2, 0.25) is 0 Å². The molecule has 1 aromatic rings. The Morgan fingerprint density at radius 1 is 1.26 bits per heavy atom. The second-order valence-electron chi connectivity index (χ2n) is 6.66. The van der Waals surface area contributed by atoms with Crippen LogP contribution in [0.5, 0.6) is 0 Å². The fourth-order valence-corrected chi connectivity index (χ4v) is 5.25. The molecule has 0 radical (unpaired) electrons. The van der Waals surface area contributed by atoms with Crippen LogP contribution in [0.2, 0.25) is 0 Å². The Morgan fingerprint density at radius 3 is 3.00 bits per heavy atom. The third-order valence-electron chi connectivity index (χ3n) is 5.60. The van der Waals surface area contributed by atoms with E-state index in [1.54, 1.807) is 0 Å². The van der Waals surface area contributed by atoms with E-state index >= 15 is 0 Å². The Kier molecular flexibility index (Phi) is 2.72. The first-order chi connectivity index (χ1) is 11.1. The van der Waals surface area contributed by atoms with Gasteiger partial charge >= 0.3 is 6.03 Å². The molecule has 4 heterocycles. The van der Waals surface area contributed by atoms with Gasteiger partial charge in [-0.2, -0.15) is 0 Å². The minimum Gasteiger partial charge on any atom is -0.353 e. The summed E-state index contributed by atoms with van der Waals surface area (Å²) in [4.78, 5) is 26.7. The number of carbonyl (C=O) groups excluding carboxylic acids is 2. The molecule has 2 N–H and O–H groups in total. The van der Waals surface area contributed by atoms with E-state index in [9.17, 15) is 9.59 Å². The lowest BCUT2D eigenvalue weighted by Crippen LogP contribution is -2.57. The number of nitrogens with one attached hydrogen (secondary N) is 2. The molecular weight excluding hydrogens is 364 g/mol. The van der Waals surface area contributed by atoms with Gasteiger partial charge in [-0.25, -0.2) is 4.79 Å². The number of nitrogens with zero attached hydrogens (tertiary/aromatic N) is 2. The fourth-order valence-electron chi connectivity index (χ4n) is 4.66. The average molecular weight is 381 g/mol. The number of rotatable bonds is 0. The molecule has 1 spiro atoms. The van der Waals surface area contributed by atoms with Crippen molar-refractivity contribution < 1.29 is 14.3 Å². The molecule has 0 unspecified atom stereocenters. The summed E-state index contributed by atoms with van der Waals surface area (Å²) in [5.74, 6) is -0.102. The number of halogens is 1. The van der Waals surface area contributed by atoms with E-state index in [2.05, 4.69) is 26.6 Å². The third-order valence-corrected chi connectivity index (χ3v) is 6.25. The summed E-state index contributed by atoms with van der Waals surface area (Å²) in [7, 11) is 0. The van der Waals surface area contributed by atoms with Gasteiger partial charge in [0.05, 0.1) is 16.7 Å². The first kappa shape index (κ1) is 13.9. The Morgan fingerprint density at radius 2 is 2.13 bits per heavy atom. The zero-order chi connectivity index (χ0) is 15.8. The number of urea groups is 1. The molecule has 0 aromatic carbocycles. The minimum atomic E-state index is -0.651. The highest BCUT2D eigenvalue weighted by Crippen LogP contribution is 2.49. The van der Waals surface area contributed by atoms with Gasteiger partial charge in [0, 0.05) is 19.6 Å². The molecule has 4 atom stereocenters. The number of amides is 3. The van der Waals surface area contributed by atoms with Gasteiger partial charge in [0.1, 0.15) is 11.7 Å². The lowest BCUT2D eigenvalue weighted by atomic mass is 10.0. The van der Waals surface area contributed by atoms with Crippen molar-refractivity contribution in [3.63, 3.8) is 0 Å². The van der Waals surface area contributed by atoms with Crippen LogP contribution in [0.4, 0.5) is 4.79 Å². The molecule has 1 aliphatic carbocycles. The first-order valence-corrected chi connectivity index (χ1v) is 8.81. The van der Waals surface area contributed by atoms with Crippen LogP contribution in [0, 0.1) is 0 Å². The molecule has 8 heteroatoms. The van der Waals surface area contributed by atoms with Crippen molar-refractivity contribution in [1.29, 1.82) is 0 Å². The summed E-state index contributed by atoms with van der Waals surface area (Å²) in [6.45, 7) is 1.35. The van der Waals surface area contributed by atoms with Crippen molar-refractivity contribution in [3.8, 4) is 0 Å². The lowest BCUT2D eigenvalue weighted by Gasteiger charge is -2.35. The molecule has 2 saturated heterocycles. The van der Waals surface area contributed by atoms with E-state index in [0.717, 1.165) is 17.4 Å². The Hall–Kier alpha value is -1.54. The zero-order valence-electron chi connectivity index (χ0n) is 12.4. The molecule has 3 fully saturated rings. The van der Waals surface area contributed by atoms with Crippen LogP contribution in [0.15, 0.2) is 16.7 Å². The van der Waals surface area contributed by atoms with Crippen molar-refractivity contribution in [3.05, 3.63) is 22.4 Å². The maximum Gasteiger partial charge on any atom is 0.320 e. The Bertz CT molecular complexity index is 720. The number of carbonyl (C=O) groups is 2. The van der Waals surface area contributed by atoms with Crippen molar-refractivity contribution in [2.24, 2.45) is 0 Å². The van der Waals surface area contributed by atoms with Gasteiger partial charge in [-0.3, -0.25) is 9.69 Å². The van der Waals surface area contributed by atoms with E-state index in [4.69, 9.17) is 4.74 Å². The van der Waals surface area contributed by atoms with Gasteiger partial charge < -0.3 is 19.9 Å². The van der Waals surface area contributed by atoms with Gasteiger partial charge in [-0.15, -0.1) is 0 Å². The second kappa shape index (κ2) is 4.51. The summed E-state index contributed by atoms with van der Waals surface area (Å²) in [6.07, 6.45) is 2.59. The number of hydrogen-bond donors (Lipinski definition) is 2. The molecule has 4 aliphatic rings. The van der Waals surface area contributed by atoms with E-state index in [1.165, 1.54) is 0 Å². The average Bonchev–Trinajstić information content (AvgIpc) is 3.05. The van der Waals surface area contributed by atoms with Crippen LogP contribution in [0.3, 0.4) is 0 Å². The third kappa shape index (κ3) is 1.63. The van der Waals surface area contributed by atoms with Crippen LogP contribution >= 0.6 is 15.9 Å². The van der Waals surface area contributed by atoms with E-state index < -0.39 is 5.72 Å². The minimum absolute atomic E-state index is 0.0678. The summed E-state index contributed by atoms with van der Waals surface area (Å²) in [5.41, 5.74) is 0.00243. The maximum atomic E-state index is 12.4. The number of ether oxygens (including phenoxy) is 1. The van der Waals surface area contributed by atoms with Gasteiger partial charge in [-0.05, 0) is 40.9 Å². The first-order valence-electron chi connectivity index (χ1n) is 8.01. The Labute approximate surface area is 141 Å². The number of aromatic nitrogens is 1. The maximum absolute atomic E-state index is 12.4. The molecular formula is C15H17BrN4O3. The van der Waals surface area contributed by atoms with E-state index in [1.807, 2.05) is 21.6 Å². The van der Waals surface area contributed by atoms with Gasteiger partial charge in [-0.1, -0.05) is 0 Å². The summed E-state index contributed by atoms with van der Waals surface area (Å²) >= 11 is 3.55. The van der Waals surface area contributed by atoms with E-state index in [0.29, 0.717) is 25.3 Å². The monoisotopic (exact) mass is 380 g/mol. The van der Waals surface area contributed by atoms with Crippen molar-refractivity contribution in [2.45, 2.75) is 43.1 Å². The fraction of sp³-hybridized carbons (Fsp3) is 0.600. The van der Waals surface area contributed by atoms with Crippen molar-refractivity contribution >= 4 is 27.9 Å². The molecule has 5 rings (SSSR count). The van der Waals surface area contributed by atoms with Crippen LogP contribution < -0.4 is 10.6 Å². The molecule has 7 nitrogen and oxygen atoms in total. The van der Waals surface area contributed by atoms with Crippen LogP contribution in [0.1, 0.15) is 35.8 Å². The smallest absolute Gasteiger partial charge is 0.320 e. The summed E-state index contributed by atoms with van der Waals surface area (Å²) in [5, 5.41) is 6.14. The number of fused-ring (bicyclic) bond motifs is 4. The molecule has 23 heavy (non-hydrogen) atoms. The predicted octanol–water partition coefficient (Wildman–Crippen LogP) is 1.21. The highest BCUT2D eigenvalue weighted by Gasteiger charge is 2.66. The quantitative estimate of drug-likeness (QED) is 0.710. The Balaban J connectivity index is 1.63. The van der Waals surface area contributed by atoms with Crippen LogP contribution in [0.25, 0.3) is 0 Å². The van der Waals surface area contributed by atoms with Crippen LogP contribution in [-0.2, 0) is 4.74 Å². The standard InChI is InChI=1S/C15H17BrN4O3/c16-10-4-3-8-13(21)17-11-9(20(8)10)7-15-12(11)18-14(22)19(15)5-1-2-6-23-15/h3-4,9,11-12H,1-2,5-7H2,(H,17,21)(H,18,22)/t9-,11-,12+,15+/m1/s1. The molecule has 0 bridgehead atoms. The normalized spacial score (nSPS) is 38.1. The molecule has 3 amide bonds. The van der Waals surface area contributed by atoms with Gasteiger partial charge in [0.25, 0.3) is 5.91 Å². The van der Waals surface area contributed by atoms with Crippen LogP contribution in [-0.4, -0.2) is 52.4 Å². The molecule has 3 aliphatic heterocycles. The zero-order valence-corrected chi connectivity index (χ0v) is 14.0. The predicted molar refractivity (Wildman–Crippen MR) is 84.0 cm³/mol. The van der Waals surface area contributed by atoms with E-state index in [-0.39, 0.29) is 30.1 Å². The second-order valence-corrected chi connectivity index (χ2v) is 7.47. The number of hydrogen-bond acceptors (Lipinski definition) is 3. The largest absolute Gasteiger partial charge is 0.353 e. The summed E-state index contributed by atoms with van der Waals surface area (Å²) in [6, 6.07) is 3.33. The highest BCUT2D eigenvalue weighted by atomic mass is 79.9. The van der Waals surface area contributed by atoms with Crippen molar-refractivity contribution in [1.82, 2.24) is 20.1 Å². The topological polar surface area (TPSA) is 75.6 Å². The lowest BCUT2D eigenvalue weighted by molar-refractivity contribution is -0.113. The summed E-state index contributed by atoms with van der Waals surface area (Å²) < 4.78 is 9.16. The van der Waals surface area contributed by atoms with Crippen molar-refractivity contribution in [2.75, 3.05) is 13.2 Å². The molecule has 1 aromatic heterocycles.